The molecule has 0 rings (SSSR count). The lowest BCUT2D eigenvalue weighted by molar-refractivity contribution is -0.161. The number of esters is 3. The molecule has 0 amide bonds. The van der Waals surface area contributed by atoms with Gasteiger partial charge >= 0.3 is 25.7 Å². The van der Waals surface area contributed by atoms with E-state index >= 15 is 0 Å². The van der Waals surface area contributed by atoms with E-state index in [1.807, 2.05) is 12.2 Å². The minimum absolute atomic E-state index is 0.0315. The number of carbonyl (C=O) groups excluding carboxylic acids is 3. The molecule has 0 aromatic rings. The van der Waals surface area contributed by atoms with Gasteiger partial charge in [-0.25, -0.2) is 4.57 Å². The zero-order chi connectivity index (χ0) is 52.7. The quantitative estimate of drug-likeness (QED) is 0.0197. The van der Waals surface area contributed by atoms with E-state index in [1.54, 1.807) is 0 Å². The fourth-order valence-corrected chi connectivity index (χ4v) is 7.83. The first-order chi connectivity index (χ1) is 35.2. The van der Waals surface area contributed by atoms with E-state index in [2.05, 4.69) is 118 Å². The van der Waals surface area contributed by atoms with Gasteiger partial charge in [0.1, 0.15) is 12.7 Å². The second-order valence-electron chi connectivity index (χ2n) is 18.0. The van der Waals surface area contributed by atoms with Crippen LogP contribution in [0.4, 0.5) is 0 Å². The molecule has 0 aromatic heterocycles. The molecule has 0 saturated carbocycles. The van der Waals surface area contributed by atoms with Gasteiger partial charge in [-0.15, -0.1) is 0 Å². The van der Waals surface area contributed by atoms with E-state index in [9.17, 15) is 28.9 Å². The maximum atomic E-state index is 12.9. The first-order valence-electron chi connectivity index (χ1n) is 27.8. The molecule has 0 saturated heterocycles. The lowest BCUT2D eigenvalue weighted by Gasteiger charge is -2.21. The Morgan fingerprint density at radius 2 is 0.750 bits per heavy atom. The van der Waals surface area contributed by atoms with Crippen molar-refractivity contribution in [3.8, 4) is 0 Å². The SMILES string of the molecule is CC/C=C\C/C=C\C/C=C\C/C=C\C/C=C\C/C=C\CCC(=O)OC(COC(=O)CCCCC/C=C\C/C=C\C/C=C\CC)COP(=O)(O)OCC(CO)OC(=O)CCCCCCCCCCCCCCC. The lowest BCUT2D eigenvalue weighted by Crippen LogP contribution is -2.30. The predicted molar refractivity (Wildman–Crippen MR) is 297 cm³/mol. The summed E-state index contributed by atoms with van der Waals surface area (Å²) in [7, 11) is -4.77. The maximum absolute atomic E-state index is 12.9. The first kappa shape index (κ1) is 68.1. The van der Waals surface area contributed by atoms with Crippen LogP contribution in [0.2, 0.25) is 0 Å². The van der Waals surface area contributed by atoms with E-state index in [-0.39, 0.29) is 25.9 Å². The Balaban J connectivity index is 4.88. The molecular formula is C60H99O11P. The second-order valence-corrected chi connectivity index (χ2v) is 19.4. The predicted octanol–water partition coefficient (Wildman–Crippen LogP) is 16.2. The summed E-state index contributed by atoms with van der Waals surface area (Å²) >= 11 is 0. The summed E-state index contributed by atoms with van der Waals surface area (Å²) in [6.45, 7) is 4.28. The normalized spacial score (nSPS) is 14.2. The summed E-state index contributed by atoms with van der Waals surface area (Å²) in [5.74, 6) is -1.61. The number of aliphatic hydroxyl groups is 1. The summed E-state index contributed by atoms with van der Waals surface area (Å²) in [5, 5.41) is 9.79. The highest BCUT2D eigenvalue weighted by Gasteiger charge is 2.28. The fraction of sp³-hybridized carbons (Fsp3) is 0.650. The zero-order valence-electron chi connectivity index (χ0n) is 45.1. The van der Waals surface area contributed by atoms with Crippen molar-refractivity contribution >= 4 is 25.7 Å². The standard InChI is InChI=1S/C60H99O11P/c1-4-7-10-13-16-19-22-25-26-27-28-29-30-33-36-39-42-45-48-51-60(64)71-57(53-67-58(62)49-46-43-40-37-34-31-23-20-17-14-11-8-5-2)55-69-72(65,66)68-54-56(52-61)70-59(63)50-47-44-41-38-35-32-24-21-18-15-12-9-6-3/h7-8,10-11,16-17,19-20,25-26,28-29,31,33-34,36,42,45,56-57,61H,4-6,9,12-15,18,21-24,27,30,32,35,37-41,43-44,46-55H2,1-3H3,(H,65,66)/b10-7-,11-8-,19-16-,20-17-,26-25-,29-28-,34-31-,36-33-,45-42-. The molecule has 410 valence electrons. The molecule has 0 bridgehead atoms. The molecule has 12 heteroatoms. The maximum Gasteiger partial charge on any atom is 0.472 e. The van der Waals surface area contributed by atoms with Gasteiger partial charge in [-0.3, -0.25) is 23.4 Å². The number of ether oxygens (including phenoxy) is 3. The number of aliphatic hydroxyl groups excluding tert-OH is 1. The topological polar surface area (TPSA) is 155 Å². The van der Waals surface area contributed by atoms with Gasteiger partial charge in [0.05, 0.1) is 19.8 Å². The third-order valence-electron chi connectivity index (χ3n) is 11.2. The largest absolute Gasteiger partial charge is 0.472 e. The summed E-state index contributed by atoms with van der Waals surface area (Å²) in [5.41, 5.74) is 0. The molecule has 72 heavy (non-hydrogen) atoms. The Morgan fingerprint density at radius 1 is 0.403 bits per heavy atom. The molecule has 3 unspecified atom stereocenters. The number of phosphoric acid groups is 1. The van der Waals surface area contributed by atoms with Crippen LogP contribution in [-0.2, 0) is 42.2 Å². The van der Waals surface area contributed by atoms with Gasteiger partial charge in [0.2, 0.25) is 0 Å². The van der Waals surface area contributed by atoms with Crippen LogP contribution in [-0.4, -0.2) is 66.5 Å². The van der Waals surface area contributed by atoms with Crippen LogP contribution in [0.3, 0.4) is 0 Å². The fourth-order valence-electron chi connectivity index (χ4n) is 7.04. The van der Waals surface area contributed by atoms with Crippen LogP contribution in [0.25, 0.3) is 0 Å². The molecular weight excluding hydrogens is 928 g/mol. The summed E-state index contributed by atoms with van der Waals surface area (Å²) in [6, 6.07) is 0. The Labute approximate surface area is 437 Å². The number of hydrogen-bond acceptors (Lipinski definition) is 10. The highest BCUT2D eigenvalue weighted by Crippen LogP contribution is 2.43. The third-order valence-corrected chi connectivity index (χ3v) is 12.2. The van der Waals surface area contributed by atoms with Crippen LogP contribution < -0.4 is 0 Å². The van der Waals surface area contributed by atoms with Crippen LogP contribution >= 0.6 is 7.82 Å². The van der Waals surface area contributed by atoms with Gasteiger partial charge in [-0.1, -0.05) is 214 Å². The number of unbranched alkanes of at least 4 members (excludes halogenated alkanes) is 15. The molecule has 0 aliphatic rings. The molecule has 0 aliphatic heterocycles. The Hall–Kier alpha value is -3.86. The van der Waals surface area contributed by atoms with Gasteiger partial charge in [-0.2, -0.15) is 0 Å². The van der Waals surface area contributed by atoms with Crippen molar-refractivity contribution in [3.63, 3.8) is 0 Å². The number of phosphoric ester groups is 1. The van der Waals surface area contributed by atoms with Crippen molar-refractivity contribution < 1.29 is 52.2 Å². The van der Waals surface area contributed by atoms with Gasteiger partial charge in [0.25, 0.3) is 0 Å². The average Bonchev–Trinajstić information content (AvgIpc) is 3.37. The minimum atomic E-state index is -4.77. The minimum Gasteiger partial charge on any atom is -0.462 e. The van der Waals surface area contributed by atoms with Crippen LogP contribution in [0.1, 0.15) is 213 Å². The van der Waals surface area contributed by atoms with Crippen molar-refractivity contribution in [2.45, 2.75) is 226 Å². The molecule has 0 fully saturated rings. The van der Waals surface area contributed by atoms with Gasteiger partial charge in [-0.05, 0) is 89.9 Å². The Morgan fingerprint density at radius 3 is 1.19 bits per heavy atom. The van der Waals surface area contributed by atoms with Crippen molar-refractivity contribution in [3.05, 3.63) is 109 Å². The molecule has 3 atom stereocenters. The average molecular weight is 1030 g/mol. The first-order valence-corrected chi connectivity index (χ1v) is 29.3. The molecule has 11 nitrogen and oxygen atoms in total. The summed E-state index contributed by atoms with van der Waals surface area (Å²) in [6.07, 6.45) is 63.6. The molecule has 0 aromatic carbocycles. The Bertz CT molecular complexity index is 1620. The molecule has 0 radical (unpaired) electrons. The highest BCUT2D eigenvalue weighted by atomic mass is 31.2. The van der Waals surface area contributed by atoms with Crippen LogP contribution in [0, 0.1) is 0 Å². The molecule has 2 N–H and O–H groups in total. The molecule has 0 aliphatic carbocycles. The summed E-state index contributed by atoms with van der Waals surface area (Å²) in [4.78, 5) is 48.4. The number of hydrogen-bond donors (Lipinski definition) is 2. The highest BCUT2D eigenvalue weighted by molar-refractivity contribution is 7.47. The summed E-state index contributed by atoms with van der Waals surface area (Å²) < 4.78 is 39.3. The van der Waals surface area contributed by atoms with Gasteiger partial charge < -0.3 is 24.2 Å². The number of carbonyl (C=O) groups is 3. The molecule has 0 spiro atoms. The van der Waals surface area contributed by atoms with E-state index < -0.39 is 57.8 Å². The monoisotopic (exact) mass is 1030 g/mol. The van der Waals surface area contributed by atoms with E-state index in [0.29, 0.717) is 25.7 Å². The zero-order valence-corrected chi connectivity index (χ0v) is 46.0. The number of rotatable bonds is 50. The van der Waals surface area contributed by atoms with Crippen LogP contribution in [0.15, 0.2) is 109 Å². The third kappa shape index (κ3) is 51.1. The van der Waals surface area contributed by atoms with Crippen LogP contribution in [0.5, 0.6) is 0 Å². The van der Waals surface area contributed by atoms with E-state index in [4.69, 9.17) is 23.3 Å². The second kappa shape index (κ2) is 53.4. The van der Waals surface area contributed by atoms with Crippen molar-refractivity contribution in [1.29, 1.82) is 0 Å². The van der Waals surface area contributed by atoms with E-state index in [0.717, 1.165) is 89.9 Å². The Kier molecular flexibility index (Phi) is 50.6. The molecule has 0 heterocycles. The van der Waals surface area contributed by atoms with Gasteiger partial charge in [0.15, 0.2) is 6.10 Å². The smallest absolute Gasteiger partial charge is 0.462 e. The number of allylic oxidation sites excluding steroid dienone is 18. The van der Waals surface area contributed by atoms with E-state index in [1.165, 1.54) is 57.8 Å². The van der Waals surface area contributed by atoms with Gasteiger partial charge in [0, 0.05) is 19.3 Å². The van der Waals surface area contributed by atoms with Crippen molar-refractivity contribution in [2.24, 2.45) is 0 Å². The van der Waals surface area contributed by atoms with Crippen molar-refractivity contribution in [1.82, 2.24) is 0 Å². The van der Waals surface area contributed by atoms with Crippen molar-refractivity contribution in [2.75, 3.05) is 26.4 Å². The lowest BCUT2D eigenvalue weighted by atomic mass is 10.0.